The van der Waals surface area contributed by atoms with E-state index in [0.29, 0.717) is 24.2 Å². The van der Waals surface area contributed by atoms with Crippen LogP contribution in [0.4, 0.5) is 5.82 Å². The molecule has 0 aromatic carbocycles. The highest BCUT2D eigenvalue weighted by Gasteiger charge is 2.23. The quantitative estimate of drug-likeness (QED) is 0.744. The number of ether oxygens (including phenoxy) is 1. The summed E-state index contributed by atoms with van der Waals surface area (Å²) in [6.45, 7) is 9.47. The third-order valence-electron chi connectivity index (χ3n) is 3.28. The second kappa shape index (κ2) is 6.34. The van der Waals surface area contributed by atoms with Crippen LogP contribution in [-0.4, -0.2) is 29.2 Å². The Labute approximate surface area is 114 Å². The molecule has 0 atom stereocenters. The van der Waals surface area contributed by atoms with Crippen molar-refractivity contribution in [2.24, 2.45) is 0 Å². The van der Waals surface area contributed by atoms with Crippen LogP contribution in [0.25, 0.3) is 0 Å². The lowest BCUT2D eigenvalue weighted by atomic mass is 10.0. The normalized spacial score (nSPS) is 11.7. The topological polar surface area (TPSA) is 38.2 Å². The first kappa shape index (κ1) is 15.2. The number of nitrogens with zero attached hydrogens (tertiary/aromatic N) is 3. The number of hydrogen-bond donors (Lipinski definition) is 0. The van der Waals surface area contributed by atoms with Crippen molar-refractivity contribution < 1.29 is 4.74 Å². The molecule has 18 heavy (non-hydrogen) atoms. The van der Waals surface area contributed by atoms with Crippen molar-refractivity contribution in [3.8, 4) is 0 Å². The fraction of sp³-hybridized carbons (Fsp3) is 0.692. The van der Waals surface area contributed by atoms with Crippen molar-refractivity contribution in [2.45, 2.75) is 46.3 Å². The fourth-order valence-corrected chi connectivity index (χ4v) is 1.62. The van der Waals surface area contributed by atoms with Crippen molar-refractivity contribution in [1.82, 2.24) is 9.97 Å². The number of hydrogen-bond acceptors (Lipinski definition) is 4. The van der Waals surface area contributed by atoms with Gasteiger partial charge in [0.2, 0.25) is 0 Å². The van der Waals surface area contributed by atoms with Crippen LogP contribution in [0.3, 0.4) is 0 Å². The van der Waals surface area contributed by atoms with Crippen LogP contribution in [-0.2, 0) is 11.3 Å². The minimum Gasteiger partial charge on any atom is -0.374 e. The molecule has 0 N–H and O–H groups in total. The van der Waals surface area contributed by atoms with Gasteiger partial charge in [0.1, 0.15) is 17.6 Å². The van der Waals surface area contributed by atoms with Crippen LogP contribution >= 0.6 is 11.6 Å². The summed E-state index contributed by atoms with van der Waals surface area (Å²) in [4.78, 5) is 10.8. The maximum Gasteiger partial charge on any atom is 0.158 e. The van der Waals surface area contributed by atoms with Gasteiger partial charge in [-0.3, -0.25) is 0 Å². The summed E-state index contributed by atoms with van der Waals surface area (Å²) >= 11 is 6.03. The monoisotopic (exact) mass is 271 g/mol. The van der Waals surface area contributed by atoms with Gasteiger partial charge in [-0.25, -0.2) is 9.97 Å². The molecule has 0 radical (unpaired) electrons. The lowest BCUT2D eigenvalue weighted by molar-refractivity contribution is 0.128. The van der Waals surface area contributed by atoms with Crippen LogP contribution < -0.4 is 4.90 Å². The molecule has 0 saturated heterocycles. The first-order valence-electron chi connectivity index (χ1n) is 6.25. The minimum atomic E-state index is 0.0283. The molecule has 0 amide bonds. The molecule has 0 saturated carbocycles. The zero-order valence-corrected chi connectivity index (χ0v) is 12.6. The van der Waals surface area contributed by atoms with Crippen molar-refractivity contribution in [3.05, 3.63) is 17.0 Å². The molecule has 1 heterocycles. The maximum atomic E-state index is 6.03. The van der Waals surface area contributed by atoms with Gasteiger partial charge in [-0.05, 0) is 27.2 Å². The third-order valence-corrected chi connectivity index (χ3v) is 3.47. The Morgan fingerprint density at radius 1 is 1.33 bits per heavy atom. The largest absolute Gasteiger partial charge is 0.374 e. The van der Waals surface area contributed by atoms with Gasteiger partial charge in [0.25, 0.3) is 0 Å². The first-order chi connectivity index (χ1) is 8.40. The summed E-state index contributed by atoms with van der Waals surface area (Å²) in [7, 11) is 2.02. The van der Waals surface area contributed by atoms with Crippen LogP contribution in [0.15, 0.2) is 6.07 Å². The molecule has 4 nitrogen and oxygen atoms in total. The number of rotatable bonds is 6. The average molecular weight is 272 g/mol. The third kappa shape index (κ3) is 3.82. The predicted octanol–water partition coefficient (Wildman–Crippen LogP) is 3.29. The number of anilines is 1. The Balaban J connectivity index is 2.98. The average Bonchev–Trinajstić information content (AvgIpc) is 2.34. The van der Waals surface area contributed by atoms with E-state index in [-0.39, 0.29) is 5.54 Å². The van der Waals surface area contributed by atoms with Crippen LogP contribution in [0.5, 0.6) is 0 Å². The minimum absolute atomic E-state index is 0.0283. The molecular formula is C13H22ClN3O. The molecule has 0 aliphatic rings. The standard InChI is InChI=1S/C13H22ClN3O/c1-6-13(3,4)17(5)12-8-10(14)15-11(16-12)9-18-7-2/h8H,6-7,9H2,1-5H3. The summed E-state index contributed by atoms with van der Waals surface area (Å²) in [6, 6.07) is 1.79. The first-order valence-corrected chi connectivity index (χ1v) is 6.63. The summed E-state index contributed by atoms with van der Waals surface area (Å²) in [5.41, 5.74) is 0.0283. The molecule has 5 heteroatoms. The molecule has 1 rings (SSSR count). The van der Waals surface area contributed by atoms with E-state index < -0.39 is 0 Å². The molecule has 0 aliphatic carbocycles. The number of halogens is 1. The molecule has 102 valence electrons. The van der Waals surface area contributed by atoms with Crippen molar-refractivity contribution in [3.63, 3.8) is 0 Å². The highest BCUT2D eigenvalue weighted by molar-refractivity contribution is 6.29. The van der Waals surface area contributed by atoms with Gasteiger partial charge in [0.15, 0.2) is 5.82 Å². The Morgan fingerprint density at radius 2 is 2.00 bits per heavy atom. The van der Waals surface area contributed by atoms with E-state index >= 15 is 0 Å². The van der Waals surface area contributed by atoms with E-state index in [1.165, 1.54) is 0 Å². The molecule has 0 spiro atoms. The van der Waals surface area contributed by atoms with E-state index in [1.54, 1.807) is 6.07 Å². The Bertz CT molecular complexity index is 396. The molecule has 1 aromatic heterocycles. The second-order valence-electron chi connectivity index (χ2n) is 4.83. The summed E-state index contributed by atoms with van der Waals surface area (Å²) in [6.07, 6.45) is 1.02. The Kier molecular flexibility index (Phi) is 5.35. The van der Waals surface area contributed by atoms with E-state index in [0.717, 1.165) is 12.2 Å². The zero-order valence-electron chi connectivity index (χ0n) is 11.8. The van der Waals surface area contributed by atoms with Crippen molar-refractivity contribution in [1.29, 1.82) is 0 Å². The molecule has 0 unspecified atom stereocenters. The zero-order chi connectivity index (χ0) is 13.8. The maximum absolute atomic E-state index is 6.03. The SMILES string of the molecule is CCOCc1nc(Cl)cc(N(C)C(C)(C)CC)n1. The molecule has 1 aromatic rings. The highest BCUT2D eigenvalue weighted by atomic mass is 35.5. The van der Waals surface area contributed by atoms with Gasteiger partial charge in [-0.2, -0.15) is 0 Å². The lowest BCUT2D eigenvalue weighted by Crippen LogP contribution is -2.41. The van der Waals surface area contributed by atoms with Crippen LogP contribution in [0.1, 0.15) is 39.9 Å². The van der Waals surface area contributed by atoms with Gasteiger partial charge < -0.3 is 9.64 Å². The highest BCUT2D eigenvalue weighted by Crippen LogP contribution is 2.24. The van der Waals surface area contributed by atoms with Crippen LogP contribution in [0.2, 0.25) is 5.15 Å². The van der Waals surface area contributed by atoms with Crippen LogP contribution in [0, 0.1) is 0 Å². The summed E-state index contributed by atoms with van der Waals surface area (Å²) < 4.78 is 5.32. The predicted molar refractivity (Wildman–Crippen MR) is 75.1 cm³/mol. The van der Waals surface area contributed by atoms with E-state index in [9.17, 15) is 0 Å². The smallest absolute Gasteiger partial charge is 0.158 e. The Hall–Kier alpha value is -0.870. The molecular weight excluding hydrogens is 250 g/mol. The second-order valence-corrected chi connectivity index (χ2v) is 5.21. The van der Waals surface area contributed by atoms with Gasteiger partial charge in [0, 0.05) is 25.3 Å². The lowest BCUT2D eigenvalue weighted by Gasteiger charge is -2.35. The molecule has 0 aliphatic heterocycles. The van der Waals surface area contributed by atoms with E-state index in [1.807, 2.05) is 14.0 Å². The number of aromatic nitrogens is 2. The summed E-state index contributed by atoms with van der Waals surface area (Å²) in [5, 5.41) is 0.452. The molecule has 0 fully saturated rings. The fourth-order valence-electron chi connectivity index (χ4n) is 1.43. The van der Waals surface area contributed by atoms with Gasteiger partial charge in [0.05, 0.1) is 0 Å². The van der Waals surface area contributed by atoms with E-state index in [4.69, 9.17) is 16.3 Å². The van der Waals surface area contributed by atoms with Crippen molar-refractivity contribution >= 4 is 17.4 Å². The Morgan fingerprint density at radius 3 is 2.56 bits per heavy atom. The van der Waals surface area contributed by atoms with E-state index in [2.05, 4.69) is 35.6 Å². The molecule has 0 bridgehead atoms. The van der Waals surface area contributed by atoms with Gasteiger partial charge >= 0.3 is 0 Å². The van der Waals surface area contributed by atoms with Gasteiger partial charge in [-0.1, -0.05) is 18.5 Å². The van der Waals surface area contributed by atoms with Crippen molar-refractivity contribution in [2.75, 3.05) is 18.6 Å². The summed E-state index contributed by atoms with van der Waals surface area (Å²) in [5.74, 6) is 1.45. The van der Waals surface area contributed by atoms with Gasteiger partial charge in [-0.15, -0.1) is 0 Å².